The summed E-state index contributed by atoms with van der Waals surface area (Å²) in [5, 5.41) is 5.31. The molecule has 0 spiro atoms. The second kappa shape index (κ2) is 9.04. The zero-order chi connectivity index (χ0) is 20.0. The van der Waals surface area contributed by atoms with Crippen LogP contribution in [0, 0.1) is 11.2 Å². The molecule has 2 aromatic carbocycles. The van der Waals surface area contributed by atoms with Crippen LogP contribution in [0.15, 0.2) is 53.4 Å². The predicted octanol–water partition coefficient (Wildman–Crippen LogP) is 5.32. The Morgan fingerprint density at radius 1 is 1.04 bits per heavy atom. The van der Waals surface area contributed by atoms with Crippen molar-refractivity contribution in [3.8, 4) is 0 Å². The molecule has 0 bridgehead atoms. The minimum absolute atomic E-state index is 0.0354. The highest BCUT2D eigenvalue weighted by molar-refractivity contribution is 8.00. The zero-order valence-corrected chi connectivity index (χ0v) is 16.8. The van der Waals surface area contributed by atoms with Crippen molar-refractivity contribution in [1.82, 2.24) is 0 Å². The molecule has 0 saturated carbocycles. The average molecular weight is 389 g/mol. The van der Waals surface area contributed by atoms with E-state index in [1.807, 2.05) is 45.0 Å². The Bertz CT molecular complexity index is 801. The van der Waals surface area contributed by atoms with Crippen LogP contribution in [0.4, 0.5) is 15.8 Å². The molecule has 0 aliphatic carbocycles. The number of halogens is 1. The van der Waals surface area contributed by atoms with E-state index in [1.165, 1.54) is 36.0 Å². The SMILES string of the molecule is CC(Sc1cccc(NC(=O)CC(C)(C)C)c1)C(=O)Nc1ccc(F)cc1. The predicted molar refractivity (Wildman–Crippen MR) is 109 cm³/mol. The molecule has 0 aromatic heterocycles. The summed E-state index contributed by atoms with van der Waals surface area (Å²) in [4.78, 5) is 25.3. The largest absolute Gasteiger partial charge is 0.326 e. The maximum atomic E-state index is 12.9. The highest BCUT2D eigenvalue weighted by atomic mass is 32.2. The van der Waals surface area contributed by atoms with Crippen LogP contribution in [0.25, 0.3) is 0 Å². The fourth-order valence-electron chi connectivity index (χ4n) is 2.37. The maximum Gasteiger partial charge on any atom is 0.237 e. The summed E-state index contributed by atoms with van der Waals surface area (Å²) < 4.78 is 12.9. The quantitative estimate of drug-likeness (QED) is 0.659. The van der Waals surface area contributed by atoms with Gasteiger partial charge in [-0.05, 0) is 54.8 Å². The van der Waals surface area contributed by atoms with Crippen LogP contribution in [0.2, 0.25) is 0 Å². The number of thioether (sulfide) groups is 1. The first kappa shape index (κ1) is 21.0. The number of benzene rings is 2. The Morgan fingerprint density at radius 3 is 2.33 bits per heavy atom. The van der Waals surface area contributed by atoms with E-state index in [0.29, 0.717) is 17.8 Å². The molecule has 2 aromatic rings. The van der Waals surface area contributed by atoms with Gasteiger partial charge in [-0.15, -0.1) is 11.8 Å². The Kier molecular flexibility index (Phi) is 7.02. The maximum absolute atomic E-state index is 12.9. The first-order valence-corrected chi connectivity index (χ1v) is 9.63. The number of hydrogen-bond acceptors (Lipinski definition) is 3. The molecule has 27 heavy (non-hydrogen) atoms. The first-order valence-electron chi connectivity index (χ1n) is 8.75. The number of anilines is 2. The van der Waals surface area contributed by atoms with Crippen molar-refractivity contribution in [2.24, 2.45) is 5.41 Å². The fourth-order valence-corrected chi connectivity index (χ4v) is 3.30. The number of rotatable bonds is 6. The average Bonchev–Trinajstić information content (AvgIpc) is 2.55. The highest BCUT2D eigenvalue weighted by Crippen LogP contribution is 2.27. The Hall–Kier alpha value is -2.34. The van der Waals surface area contributed by atoms with Crippen LogP contribution in [0.3, 0.4) is 0 Å². The van der Waals surface area contributed by atoms with Crippen LogP contribution in [0.1, 0.15) is 34.1 Å². The molecule has 2 amide bonds. The summed E-state index contributed by atoms with van der Waals surface area (Å²) in [7, 11) is 0. The lowest BCUT2D eigenvalue weighted by atomic mass is 9.92. The Morgan fingerprint density at radius 2 is 1.70 bits per heavy atom. The van der Waals surface area contributed by atoms with E-state index in [4.69, 9.17) is 0 Å². The van der Waals surface area contributed by atoms with Gasteiger partial charge in [0, 0.05) is 22.7 Å². The van der Waals surface area contributed by atoms with Gasteiger partial charge in [-0.1, -0.05) is 26.8 Å². The molecule has 0 aliphatic rings. The van der Waals surface area contributed by atoms with E-state index in [0.717, 1.165) is 4.90 Å². The van der Waals surface area contributed by atoms with E-state index in [2.05, 4.69) is 10.6 Å². The molecule has 0 aliphatic heterocycles. The van der Waals surface area contributed by atoms with Gasteiger partial charge in [0.15, 0.2) is 0 Å². The smallest absolute Gasteiger partial charge is 0.237 e. The lowest BCUT2D eigenvalue weighted by Crippen LogP contribution is -2.22. The molecule has 1 atom stereocenters. The van der Waals surface area contributed by atoms with Crippen LogP contribution in [-0.2, 0) is 9.59 Å². The van der Waals surface area contributed by atoms with Gasteiger partial charge in [0.05, 0.1) is 5.25 Å². The number of hydrogen-bond donors (Lipinski definition) is 2. The summed E-state index contributed by atoms with van der Waals surface area (Å²) >= 11 is 1.39. The monoisotopic (exact) mass is 388 g/mol. The summed E-state index contributed by atoms with van der Waals surface area (Å²) in [6.07, 6.45) is 0.431. The molecule has 4 nitrogen and oxygen atoms in total. The summed E-state index contributed by atoms with van der Waals surface area (Å²) in [5.74, 6) is -0.554. The van der Waals surface area contributed by atoms with Gasteiger partial charge < -0.3 is 10.6 Å². The van der Waals surface area contributed by atoms with Gasteiger partial charge in [0.1, 0.15) is 5.82 Å². The minimum Gasteiger partial charge on any atom is -0.326 e. The number of amides is 2. The summed E-state index contributed by atoms with van der Waals surface area (Å²) in [6, 6.07) is 13.1. The number of carbonyl (C=O) groups excluding carboxylic acids is 2. The fraction of sp³-hybridized carbons (Fsp3) is 0.333. The molecule has 0 fully saturated rings. The number of nitrogens with one attached hydrogen (secondary N) is 2. The number of carbonyl (C=O) groups is 2. The van der Waals surface area contributed by atoms with Gasteiger partial charge in [0.2, 0.25) is 11.8 Å². The topological polar surface area (TPSA) is 58.2 Å². The molecule has 2 rings (SSSR count). The third kappa shape index (κ3) is 7.43. The summed E-state index contributed by atoms with van der Waals surface area (Å²) in [6.45, 7) is 7.84. The van der Waals surface area contributed by atoms with Crippen molar-refractivity contribution in [3.05, 3.63) is 54.3 Å². The Balaban J connectivity index is 1.95. The van der Waals surface area contributed by atoms with E-state index in [1.54, 1.807) is 6.92 Å². The molecule has 6 heteroatoms. The van der Waals surface area contributed by atoms with Crippen LogP contribution in [-0.4, -0.2) is 17.1 Å². The molecular formula is C21H25FN2O2S. The van der Waals surface area contributed by atoms with Gasteiger partial charge >= 0.3 is 0 Å². The molecule has 0 saturated heterocycles. The van der Waals surface area contributed by atoms with Crippen molar-refractivity contribution in [2.45, 2.75) is 44.3 Å². The molecule has 2 N–H and O–H groups in total. The van der Waals surface area contributed by atoms with Crippen LogP contribution < -0.4 is 10.6 Å². The van der Waals surface area contributed by atoms with Crippen molar-refractivity contribution < 1.29 is 14.0 Å². The minimum atomic E-state index is -0.351. The third-order valence-corrected chi connectivity index (χ3v) is 4.70. The van der Waals surface area contributed by atoms with E-state index < -0.39 is 0 Å². The van der Waals surface area contributed by atoms with Crippen molar-refractivity contribution in [2.75, 3.05) is 10.6 Å². The highest BCUT2D eigenvalue weighted by Gasteiger charge is 2.17. The van der Waals surface area contributed by atoms with Gasteiger partial charge in [-0.25, -0.2) is 4.39 Å². The van der Waals surface area contributed by atoms with E-state index in [-0.39, 0.29) is 28.3 Å². The Labute approximate surface area is 163 Å². The molecule has 0 radical (unpaired) electrons. The third-order valence-electron chi connectivity index (χ3n) is 3.60. The second-order valence-corrected chi connectivity index (χ2v) is 8.98. The van der Waals surface area contributed by atoms with E-state index >= 15 is 0 Å². The molecule has 1 unspecified atom stereocenters. The van der Waals surface area contributed by atoms with Crippen molar-refractivity contribution >= 4 is 35.0 Å². The van der Waals surface area contributed by atoms with Crippen LogP contribution in [0.5, 0.6) is 0 Å². The molecule has 144 valence electrons. The zero-order valence-electron chi connectivity index (χ0n) is 16.0. The summed E-state index contributed by atoms with van der Waals surface area (Å²) in [5.41, 5.74) is 1.18. The van der Waals surface area contributed by atoms with Crippen molar-refractivity contribution in [3.63, 3.8) is 0 Å². The second-order valence-electron chi connectivity index (χ2n) is 7.57. The van der Waals surface area contributed by atoms with Crippen molar-refractivity contribution in [1.29, 1.82) is 0 Å². The lowest BCUT2D eigenvalue weighted by Gasteiger charge is -2.17. The standard InChI is InChI=1S/C21H25FN2O2S/c1-14(20(26)24-16-10-8-15(22)9-11-16)27-18-7-5-6-17(12-18)23-19(25)13-21(2,3)4/h5-12,14H,13H2,1-4H3,(H,23,25)(H,24,26). The molecule has 0 heterocycles. The first-order chi connectivity index (χ1) is 12.6. The van der Waals surface area contributed by atoms with E-state index in [9.17, 15) is 14.0 Å². The van der Waals surface area contributed by atoms with Gasteiger partial charge in [-0.3, -0.25) is 9.59 Å². The van der Waals surface area contributed by atoms with Crippen LogP contribution >= 0.6 is 11.8 Å². The van der Waals surface area contributed by atoms with Gasteiger partial charge in [-0.2, -0.15) is 0 Å². The van der Waals surface area contributed by atoms with Gasteiger partial charge in [0.25, 0.3) is 0 Å². The normalized spacial score (nSPS) is 12.3. The lowest BCUT2D eigenvalue weighted by molar-refractivity contribution is -0.118. The molecular weight excluding hydrogens is 363 g/mol.